The Morgan fingerprint density at radius 2 is 2.16 bits per heavy atom. The zero-order valence-corrected chi connectivity index (χ0v) is 10.6. The molecule has 2 heterocycles. The van der Waals surface area contributed by atoms with Crippen LogP contribution in [0.2, 0.25) is 5.02 Å². The molecule has 1 N–H and O–H groups in total. The van der Waals surface area contributed by atoms with Gasteiger partial charge in [0.15, 0.2) is 5.82 Å². The fourth-order valence-electron chi connectivity index (χ4n) is 2.58. The Labute approximate surface area is 112 Å². The lowest BCUT2D eigenvalue weighted by molar-refractivity contribution is -0.146. The number of hydrogen-bond acceptors (Lipinski definition) is 2. The third-order valence-electron chi connectivity index (χ3n) is 3.42. The molecular formula is C12H11ClF3N3. The fraction of sp³-hybridized carbons (Fsp3) is 0.417. The molecule has 0 saturated carbocycles. The van der Waals surface area contributed by atoms with Gasteiger partial charge in [-0.2, -0.15) is 18.3 Å². The van der Waals surface area contributed by atoms with Crippen LogP contribution in [0, 0.1) is 0 Å². The highest BCUT2D eigenvalue weighted by Gasteiger charge is 2.47. The van der Waals surface area contributed by atoms with E-state index in [1.54, 1.807) is 18.2 Å². The van der Waals surface area contributed by atoms with Gasteiger partial charge in [-0.25, -0.2) is 0 Å². The average Bonchev–Trinajstić information content (AvgIpc) is 2.93. The van der Waals surface area contributed by atoms with Gasteiger partial charge in [-0.3, -0.25) is 5.10 Å². The first kappa shape index (κ1) is 12.6. The Bertz CT molecular complexity index is 608. The van der Waals surface area contributed by atoms with Crippen LogP contribution in [0.5, 0.6) is 0 Å². The normalized spacial score (nSPS) is 20.4. The molecule has 1 atom stereocenters. The van der Waals surface area contributed by atoms with E-state index in [0.29, 0.717) is 34.7 Å². The minimum Gasteiger partial charge on any atom is -0.343 e. The number of rotatable bonds is 1. The number of anilines is 1. The van der Waals surface area contributed by atoms with E-state index in [9.17, 15) is 13.2 Å². The van der Waals surface area contributed by atoms with Crippen molar-refractivity contribution in [2.24, 2.45) is 0 Å². The Morgan fingerprint density at radius 1 is 1.37 bits per heavy atom. The van der Waals surface area contributed by atoms with Gasteiger partial charge >= 0.3 is 6.18 Å². The third-order valence-corrected chi connectivity index (χ3v) is 3.74. The molecule has 1 fully saturated rings. The summed E-state index contributed by atoms with van der Waals surface area (Å²) in [6.45, 7) is 0.343. The first-order valence-electron chi connectivity index (χ1n) is 5.94. The van der Waals surface area contributed by atoms with E-state index >= 15 is 0 Å². The van der Waals surface area contributed by atoms with Crippen molar-refractivity contribution >= 4 is 28.3 Å². The summed E-state index contributed by atoms with van der Waals surface area (Å²) in [7, 11) is 0. The van der Waals surface area contributed by atoms with Gasteiger partial charge in [-0.1, -0.05) is 17.7 Å². The Kier molecular flexibility index (Phi) is 2.85. The number of benzene rings is 1. The van der Waals surface area contributed by atoms with E-state index in [1.165, 1.54) is 4.90 Å². The minimum atomic E-state index is -4.25. The molecule has 1 saturated heterocycles. The Morgan fingerprint density at radius 3 is 2.89 bits per heavy atom. The largest absolute Gasteiger partial charge is 0.408 e. The molecule has 0 amide bonds. The van der Waals surface area contributed by atoms with Gasteiger partial charge in [-0.05, 0) is 25.0 Å². The van der Waals surface area contributed by atoms with Gasteiger partial charge in [0.2, 0.25) is 0 Å². The number of H-pyrrole nitrogens is 1. The molecule has 1 aromatic carbocycles. The summed E-state index contributed by atoms with van der Waals surface area (Å²) >= 11 is 6.08. The van der Waals surface area contributed by atoms with Crippen molar-refractivity contribution in [3.05, 3.63) is 23.2 Å². The van der Waals surface area contributed by atoms with E-state index in [0.717, 1.165) is 0 Å². The molecule has 3 nitrogen and oxygen atoms in total. The maximum atomic E-state index is 13.0. The van der Waals surface area contributed by atoms with Gasteiger partial charge in [0.1, 0.15) is 6.04 Å². The summed E-state index contributed by atoms with van der Waals surface area (Å²) in [6, 6.07) is 3.66. The molecule has 0 spiro atoms. The van der Waals surface area contributed by atoms with Gasteiger partial charge in [0.05, 0.1) is 15.9 Å². The van der Waals surface area contributed by atoms with E-state index in [-0.39, 0.29) is 6.42 Å². The van der Waals surface area contributed by atoms with Crippen molar-refractivity contribution in [1.82, 2.24) is 10.2 Å². The van der Waals surface area contributed by atoms with Gasteiger partial charge in [0.25, 0.3) is 0 Å². The Balaban J connectivity index is 2.09. The number of hydrogen-bond donors (Lipinski definition) is 1. The topological polar surface area (TPSA) is 31.9 Å². The summed E-state index contributed by atoms with van der Waals surface area (Å²) < 4.78 is 39.0. The second-order valence-electron chi connectivity index (χ2n) is 4.60. The summed E-state index contributed by atoms with van der Waals surface area (Å²) in [6.07, 6.45) is -3.64. The maximum Gasteiger partial charge on any atom is 0.408 e. The summed E-state index contributed by atoms with van der Waals surface area (Å²) in [5.74, 6) is 0.292. The number of halogens is 4. The molecule has 0 radical (unpaired) electrons. The second kappa shape index (κ2) is 4.30. The number of aromatic amines is 1. The van der Waals surface area contributed by atoms with E-state index in [1.807, 2.05) is 0 Å². The van der Waals surface area contributed by atoms with Crippen LogP contribution >= 0.6 is 11.6 Å². The lowest BCUT2D eigenvalue weighted by atomic mass is 10.2. The predicted molar refractivity (Wildman–Crippen MR) is 67.5 cm³/mol. The van der Waals surface area contributed by atoms with Crippen LogP contribution in [0.4, 0.5) is 19.0 Å². The highest BCUT2D eigenvalue weighted by atomic mass is 35.5. The fourth-order valence-corrected chi connectivity index (χ4v) is 2.84. The number of nitrogens with zero attached hydrogens (tertiary/aromatic N) is 2. The van der Waals surface area contributed by atoms with Gasteiger partial charge < -0.3 is 4.90 Å². The molecule has 102 valence electrons. The van der Waals surface area contributed by atoms with E-state index in [4.69, 9.17) is 11.6 Å². The number of alkyl halides is 3. The summed E-state index contributed by atoms with van der Waals surface area (Å²) in [4.78, 5) is 1.30. The first-order chi connectivity index (χ1) is 8.98. The molecule has 3 rings (SSSR count). The molecule has 0 bridgehead atoms. The molecule has 19 heavy (non-hydrogen) atoms. The molecule has 7 heteroatoms. The van der Waals surface area contributed by atoms with Crippen molar-refractivity contribution < 1.29 is 13.2 Å². The molecule has 2 aromatic rings. The van der Waals surface area contributed by atoms with Crippen molar-refractivity contribution in [1.29, 1.82) is 0 Å². The monoisotopic (exact) mass is 289 g/mol. The molecule has 1 aliphatic heterocycles. The van der Waals surface area contributed by atoms with Crippen LogP contribution in [-0.4, -0.2) is 29.0 Å². The highest BCUT2D eigenvalue weighted by Crippen LogP contribution is 2.39. The average molecular weight is 290 g/mol. The maximum absolute atomic E-state index is 13.0. The lowest BCUT2D eigenvalue weighted by Gasteiger charge is -2.26. The van der Waals surface area contributed by atoms with Crippen molar-refractivity contribution in [3.8, 4) is 0 Å². The summed E-state index contributed by atoms with van der Waals surface area (Å²) in [5.41, 5.74) is 0.648. The molecular weight excluding hydrogens is 279 g/mol. The first-order valence-corrected chi connectivity index (χ1v) is 6.32. The van der Waals surface area contributed by atoms with Gasteiger partial charge in [0, 0.05) is 6.54 Å². The number of fused-ring (bicyclic) bond motifs is 1. The van der Waals surface area contributed by atoms with Crippen molar-refractivity contribution in [2.45, 2.75) is 25.1 Å². The van der Waals surface area contributed by atoms with Crippen LogP contribution in [0.1, 0.15) is 12.8 Å². The lowest BCUT2D eigenvalue weighted by Crippen LogP contribution is -2.41. The second-order valence-corrected chi connectivity index (χ2v) is 5.01. The summed E-state index contributed by atoms with van der Waals surface area (Å²) in [5, 5.41) is 7.72. The smallest absolute Gasteiger partial charge is 0.343 e. The standard InChI is InChI=1S/C12H11ClF3N3/c13-7-3-1-4-8-10(7)11(18-17-8)19-6-2-5-9(19)12(14,15)16/h1,3-4,9H,2,5-6H2,(H,17,18). The minimum absolute atomic E-state index is 0.0995. The van der Waals surface area contributed by atoms with Crippen molar-refractivity contribution in [3.63, 3.8) is 0 Å². The number of nitrogens with one attached hydrogen (secondary N) is 1. The van der Waals surface area contributed by atoms with E-state index < -0.39 is 12.2 Å². The SMILES string of the molecule is FC(F)(F)C1CCCN1c1n[nH]c2cccc(Cl)c12. The van der Waals surface area contributed by atoms with E-state index in [2.05, 4.69) is 10.2 Å². The van der Waals surface area contributed by atoms with Crippen LogP contribution in [0.3, 0.4) is 0 Å². The molecule has 1 unspecified atom stereocenters. The molecule has 1 aromatic heterocycles. The van der Waals surface area contributed by atoms with Crippen LogP contribution < -0.4 is 4.90 Å². The third kappa shape index (κ3) is 2.04. The van der Waals surface area contributed by atoms with Crippen LogP contribution in [-0.2, 0) is 0 Å². The number of aromatic nitrogens is 2. The molecule has 0 aliphatic carbocycles. The predicted octanol–water partition coefficient (Wildman–Crippen LogP) is 3.75. The van der Waals surface area contributed by atoms with Crippen molar-refractivity contribution in [2.75, 3.05) is 11.4 Å². The van der Waals surface area contributed by atoms with Crippen LogP contribution in [0.15, 0.2) is 18.2 Å². The zero-order chi connectivity index (χ0) is 13.6. The Hall–Kier alpha value is -1.43. The molecule has 1 aliphatic rings. The quantitative estimate of drug-likeness (QED) is 0.867. The van der Waals surface area contributed by atoms with Crippen LogP contribution in [0.25, 0.3) is 10.9 Å². The zero-order valence-electron chi connectivity index (χ0n) is 9.84. The highest BCUT2D eigenvalue weighted by molar-refractivity contribution is 6.36. The van der Waals surface area contributed by atoms with Gasteiger partial charge in [-0.15, -0.1) is 0 Å².